The van der Waals surface area contributed by atoms with Crippen LogP contribution in [0.25, 0.3) is 0 Å². The summed E-state index contributed by atoms with van der Waals surface area (Å²) in [7, 11) is 3.33. The van der Waals surface area contributed by atoms with Crippen LogP contribution in [0.15, 0.2) is 54.6 Å². The van der Waals surface area contributed by atoms with Crippen LogP contribution in [-0.4, -0.2) is 43.6 Å². The molecule has 4 rings (SSSR count). The van der Waals surface area contributed by atoms with E-state index >= 15 is 0 Å². The number of benzene rings is 3. The van der Waals surface area contributed by atoms with Crippen LogP contribution in [0.3, 0.4) is 0 Å². The predicted molar refractivity (Wildman–Crippen MR) is 171 cm³/mol. The number of carbonyl (C=O) groups excluding carboxylic acids is 2. The fraction of sp³-hybridized carbons (Fsp3) is 0.459. The van der Waals surface area contributed by atoms with Crippen molar-refractivity contribution in [3.63, 3.8) is 0 Å². The molecule has 43 heavy (non-hydrogen) atoms. The van der Waals surface area contributed by atoms with Gasteiger partial charge in [0, 0.05) is 6.54 Å². The highest BCUT2D eigenvalue weighted by atomic mass is 16.5. The summed E-state index contributed by atoms with van der Waals surface area (Å²) in [4.78, 5) is 29.8. The fourth-order valence-corrected chi connectivity index (χ4v) is 6.24. The molecule has 3 atom stereocenters. The largest absolute Gasteiger partial charge is 0.496 e. The van der Waals surface area contributed by atoms with Gasteiger partial charge in [0.1, 0.15) is 23.6 Å². The molecule has 0 radical (unpaired) electrons. The minimum atomic E-state index is -0.598. The highest BCUT2D eigenvalue weighted by molar-refractivity contribution is 5.89. The molecule has 3 aromatic carbocycles. The van der Waals surface area contributed by atoms with Gasteiger partial charge in [-0.1, -0.05) is 55.0 Å². The molecule has 0 aromatic heterocycles. The van der Waals surface area contributed by atoms with Crippen LogP contribution >= 0.6 is 0 Å². The van der Waals surface area contributed by atoms with Crippen LogP contribution in [0, 0.1) is 27.7 Å². The predicted octanol–water partition coefficient (Wildman–Crippen LogP) is 7.73. The quantitative estimate of drug-likeness (QED) is 0.216. The summed E-state index contributed by atoms with van der Waals surface area (Å²) in [5.41, 5.74) is 7.41. The van der Waals surface area contributed by atoms with Gasteiger partial charge in [-0.15, -0.1) is 0 Å². The number of ether oxygens (including phenoxy) is 3. The molecule has 1 fully saturated rings. The number of likely N-dealkylation sites (tertiary alicyclic amines) is 1. The summed E-state index contributed by atoms with van der Waals surface area (Å²) in [6, 6.07) is 17.8. The average molecular weight is 586 g/mol. The maximum absolute atomic E-state index is 14.1. The number of hydrogen-bond donors (Lipinski definition) is 0. The van der Waals surface area contributed by atoms with Crippen molar-refractivity contribution >= 4 is 11.9 Å². The Labute approximate surface area is 257 Å². The lowest BCUT2D eigenvalue weighted by Gasteiger charge is -2.37. The molecule has 1 amide bonds. The van der Waals surface area contributed by atoms with E-state index in [2.05, 4.69) is 24.3 Å². The van der Waals surface area contributed by atoms with Crippen LogP contribution in [0.4, 0.5) is 0 Å². The van der Waals surface area contributed by atoms with Crippen molar-refractivity contribution < 1.29 is 23.8 Å². The Morgan fingerprint density at radius 2 is 1.65 bits per heavy atom. The molecule has 0 bridgehead atoms. The van der Waals surface area contributed by atoms with Gasteiger partial charge in [-0.2, -0.15) is 0 Å². The molecule has 1 saturated heterocycles. The van der Waals surface area contributed by atoms with E-state index in [9.17, 15) is 9.59 Å². The number of rotatable bonds is 11. The number of amides is 1. The van der Waals surface area contributed by atoms with Crippen molar-refractivity contribution in [1.29, 1.82) is 0 Å². The van der Waals surface area contributed by atoms with E-state index in [1.165, 1.54) is 0 Å². The van der Waals surface area contributed by atoms with Crippen molar-refractivity contribution in [1.82, 2.24) is 4.90 Å². The Morgan fingerprint density at radius 1 is 0.884 bits per heavy atom. The summed E-state index contributed by atoms with van der Waals surface area (Å²) >= 11 is 0. The van der Waals surface area contributed by atoms with E-state index in [-0.39, 0.29) is 17.8 Å². The third-order valence-electron chi connectivity index (χ3n) is 8.86. The molecule has 0 unspecified atom stereocenters. The average Bonchev–Trinajstić information content (AvgIpc) is 3.01. The van der Waals surface area contributed by atoms with Crippen LogP contribution in [0.5, 0.6) is 11.5 Å². The first-order valence-corrected chi connectivity index (χ1v) is 15.5. The first-order chi connectivity index (χ1) is 20.7. The van der Waals surface area contributed by atoms with Gasteiger partial charge in [0.05, 0.1) is 20.1 Å². The summed E-state index contributed by atoms with van der Waals surface area (Å²) < 4.78 is 17.4. The Hall–Kier alpha value is -3.80. The topological polar surface area (TPSA) is 65.1 Å². The SMILES string of the molecule is CC[C@H](C(=O)N1CCCC[C@H]1C(=O)O[C@@H](CCc1ccc(OC)c(C)c1)c1cccc(C)c1)c1cc(C)c(C)c(OC)c1. The summed E-state index contributed by atoms with van der Waals surface area (Å²) in [6.07, 6.45) is 3.97. The number of carbonyl (C=O) groups is 2. The van der Waals surface area contributed by atoms with Crippen LogP contribution in [0.2, 0.25) is 0 Å². The maximum atomic E-state index is 14.1. The van der Waals surface area contributed by atoms with Gasteiger partial charge in [0.25, 0.3) is 0 Å². The van der Waals surface area contributed by atoms with Crippen LogP contribution < -0.4 is 9.47 Å². The summed E-state index contributed by atoms with van der Waals surface area (Å²) in [5, 5.41) is 0. The van der Waals surface area contributed by atoms with Gasteiger partial charge in [0.15, 0.2) is 0 Å². The molecule has 1 heterocycles. The van der Waals surface area contributed by atoms with E-state index in [0.717, 1.165) is 69.7 Å². The Bertz CT molecular complexity index is 1430. The zero-order valence-corrected chi connectivity index (χ0v) is 26.9. The molecule has 1 aliphatic rings. The Balaban J connectivity index is 1.56. The van der Waals surface area contributed by atoms with Gasteiger partial charge < -0.3 is 19.1 Å². The van der Waals surface area contributed by atoms with Crippen LogP contribution in [-0.2, 0) is 20.7 Å². The van der Waals surface area contributed by atoms with E-state index < -0.39 is 12.1 Å². The lowest BCUT2D eigenvalue weighted by Crippen LogP contribution is -2.50. The second-order valence-electron chi connectivity index (χ2n) is 11.9. The second kappa shape index (κ2) is 14.6. The second-order valence-corrected chi connectivity index (χ2v) is 11.9. The molecule has 0 aliphatic carbocycles. The monoisotopic (exact) mass is 585 g/mol. The van der Waals surface area contributed by atoms with Gasteiger partial charge in [-0.3, -0.25) is 4.79 Å². The number of esters is 1. The van der Waals surface area contributed by atoms with Crippen molar-refractivity contribution in [3.8, 4) is 11.5 Å². The lowest BCUT2D eigenvalue weighted by molar-refractivity contribution is -0.162. The molecule has 0 N–H and O–H groups in total. The molecule has 0 spiro atoms. The van der Waals surface area contributed by atoms with E-state index in [0.29, 0.717) is 25.8 Å². The molecule has 230 valence electrons. The number of piperidine rings is 1. The van der Waals surface area contributed by atoms with Gasteiger partial charge in [-0.25, -0.2) is 4.79 Å². The number of methoxy groups -OCH3 is 2. The van der Waals surface area contributed by atoms with Crippen molar-refractivity contribution in [2.75, 3.05) is 20.8 Å². The van der Waals surface area contributed by atoms with Crippen molar-refractivity contribution in [2.24, 2.45) is 0 Å². The lowest BCUT2D eigenvalue weighted by atomic mass is 9.90. The molecular formula is C37H47NO5. The van der Waals surface area contributed by atoms with Gasteiger partial charge >= 0.3 is 5.97 Å². The summed E-state index contributed by atoms with van der Waals surface area (Å²) in [5.74, 6) is 0.946. The van der Waals surface area contributed by atoms with E-state index in [4.69, 9.17) is 14.2 Å². The number of aryl methyl sites for hydroxylation is 4. The zero-order chi connectivity index (χ0) is 31.1. The van der Waals surface area contributed by atoms with Crippen molar-refractivity contribution in [3.05, 3.63) is 93.5 Å². The van der Waals surface area contributed by atoms with E-state index in [1.807, 2.05) is 65.0 Å². The Morgan fingerprint density at radius 3 is 2.33 bits per heavy atom. The number of nitrogens with zero attached hydrogens (tertiary/aromatic N) is 1. The molecule has 0 saturated carbocycles. The smallest absolute Gasteiger partial charge is 0.329 e. The molecule has 6 nitrogen and oxygen atoms in total. The zero-order valence-electron chi connectivity index (χ0n) is 26.9. The highest BCUT2D eigenvalue weighted by Gasteiger charge is 2.37. The fourth-order valence-electron chi connectivity index (χ4n) is 6.24. The maximum Gasteiger partial charge on any atom is 0.329 e. The third-order valence-corrected chi connectivity index (χ3v) is 8.86. The van der Waals surface area contributed by atoms with Crippen LogP contribution in [0.1, 0.15) is 90.0 Å². The van der Waals surface area contributed by atoms with Crippen molar-refractivity contribution in [2.45, 2.75) is 91.2 Å². The van der Waals surface area contributed by atoms with Gasteiger partial charge in [0.2, 0.25) is 5.91 Å². The minimum absolute atomic E-state index is 0.0183. The normalized spacial score (nSPS) is 16.3. The van der Waals surface area contributed by atoms with E-state index in [1.54, 1.807) is 19.1 Å². The number of hydrogen-bond acceptors (Lipinski definition) is 5. The highest BCUT2D eigenvalue weighted by Crippen LogP contribution is 2.33. The Kier molecular flexibility index (Phi) is 10.9. The standard InChI is InChI=1S/C37H47NO5/c1-8-31(30-22-25(3)27(5)35(23-30)42-7)36(39)38-19-10-9-14-32(38)37(40)43-34(29-13-11-12-24(2)20-29)18-16-28-15-17-33(41-6)26(4)21-28/h11-13,15,17,20-23,31-32,34H,8-10,14,16,18-19H2,1-7H3/t31-,32-,34-/m0/s1. The third kappa shape index (κ3) is 7.59. The molecule has 3 aromatic rings. The first kappa shape index (κ1) is 32.1. The molecule has 1 aliphatic heterocycles. The molecular weight excluding hydrogens is 538 g/mol. The molecule has 6 heteroatoms. The minimum Gasteiger partial charge on any atom is -0.496 e. The first-order valence-electron chi connectivity index (χ1n) is 15.5. The summed E-state index contributed by atoms with van der Waals surface area (Å²) in [6.45, 7) is 10.7. The van der Waals surface area contributed by atoms with Gasteiger partial charge in [-0.05, 0) is 112 Å².